The third-order valence-corrected chi connectivity index (χ3v) is 5.92. The Labute approximate surface area is 159 Å². The van der Waals surface area contributed by atoms with Gasteiger partial charge in [-0.1, -0.05) is 75.8 Å². The van der Waals surface area contributed by atoms with E-state index in [1.807, 2.05) is 0 Å². The molecule has 0 amide bonds. The van der Waals surface area contributed by atoms with Gasteiger partial charge in [0.05, 0.1) is 0 Å². The highest BCUT2D eigenvalue weighted by atomic mass is 14.7. The minimum absolute atomic E-state index is 0.146. The molecule has 1 aromatic carbocycles. The molecular weight excluding hydrogens is 314 g/mol. The predicted molar refractivity (Wildman–Crippen MR) is 117 cm³/mol. The van der Waals surface area contributed by atoms with Crippen LogP contribution in [0.4, 0.5) is 0 Å². The van der Waals surface area contributed by atoms with Gasteiger partial charge in [-0.15, -0.1) is 0 Å². The second-order valence-electron chi connectivity index (χ2n) is 7.61. The van der Waals surface area contributed by atoms with Crippen molar-refractivity contribution in [3.05, 3.63) is 58.6 Å². The molecule has 0 spiro atoms. The highest BCUT2D eigenvalue weighted by molar-refractivity contribution is 6.19. The molecule has 2 unspecified atom stereocenters. The number of fused-ring (bicyclic) bond motifs is 1. The molecule has 1 aliphatic rings. The highest BCUT2D eigenvalue weighted by Gasteiger charge is 2.35. The van der Waals surface area contributed by atoms with Crippen molar-refractivity contribution in [2.45, 2.75) is 67.2 Å². The fourth-order valence-electron chi connectivity index (χ4n) is 3.92. The Kier molecular flexibility index (Phi) is 7.20. The molecule has 1 aliphatic carbocycles. The normalized spacial score (nSPS) is 20.7. The van der Waals surface area contributed by atoms with Crippen molar-refractivity contribution in [2.24, 2.45) is 16.3 Å². The van der Waals surface area contributed by atoms with E-state index in [9.17, 15) is 0 Å². The molecule has 2 rings (SSSR count). The topological polar surface area (TPSA) is 12.4 Å². The van der Waals surface area contributed by atoms with Crippen LogP contribution in [-0.2, 0) is 0 Å². The summed E-state index contributed by atoms with van der Waals surface area (Å²) in [6, 6.07) is 8.82. The van der Waals surface area contributed by atoms with E-state index in [2.05, 4.69) is 90.2 Å². The summed E-state index contributed by atoms with van der Waals surface area (Å²) in [4.78, 5) is 4.97. The Hall–Kier alpha value is -1.89. The van der Waals surface area contributed by atoms with Gasteiger partial charge < -0.3 is 0 Å². The average Bonchev–Trinajstić information content (AvgIpc) is 2.68. The van der Waals surface area contributed by atoms with Gasteiger partial charge in [0.1, 0.15) is 0 Å². The first-order chi connectivity index (χ1) is 12.5. The summed E-state index contributed by atoms with van der Waals surface area (Å²) >= 11 is 0. The van der Waals surface area contributed by atoms with E-state index < -0.39 is 0 Å². The standard InChI is InChI=1S/C25H35N/c1-7-17-25(6,10-4)22-16-15-20-13-11-12-14-21(20)24(22)23(9-3)26-18-19(5)8-2/h7,11-15,17-18,22H,8-10,16H2,1-6H3/b17-7?,19-18-,26-23+. The Morgan fingerprint density at radius 2 is 1.92 bits per heavy atom. The van der Waals surface area contributed by atoms with Gasteiger partial charge in [-0.25, -0.2) is 0 Å². The molecule has 0 radical (unpaired) electrons. The van der Waals surface area contributed by atoms with E-state index >= 15 is 0 Å². The van der Waals surface area contributed by atoms with Crippen molar-refractivity contribution in [3.8, 4) is 0 Å². The fraction of sp³-hybridized carbons (Fsp3) is 0.480. The van der Waals surface area contributed by atoms with Crippen LogP contribution in [0.25, 0.3) is 11.6 Å². The monoisotopic (exact) mass is 349 g/mol. The molecule has 1 nitrogen and oxygen atoms in total. The second kappa shape index (κ2) is 9.16. The summed E-state index contributed by atoms with van der Waals surface area (Å²) < 4.78 is 0. The zero-order valence-corrected chi connectivity index (χ0v) is 17.5. The Bertz CT molecular complexity index is 822. The van der Waals surface area contributed by atoms with E-state index in [4.69, 9.17) is 4.99 Å². The Morgan fingerprint density at radius 3 is 2.54 bits per heavy atom. The molecule has 0 N–H and O–H groups in total. The lowest BCUT2D eigenvalue weighted by Gasteiger charge is -2.38. The number of benzene rings is 1. The molecular formula is C25H35N. The second-order valence-corrected chi connectivity index (χ2v) is 7.61. The molecule has 0 heterocycles. The highest BCUT2D eigenvalue weighted by Crippen LogP contribution is 2.42. The van der Waals surface area contributed by atoms with Crippen molar-refractivity contribution in [1.29, 1.82) is 0 Å². The van der Waals surface area contributed by atoms with Crippen LogP contribution in [0.5, 0.6) is 0 Å². The molecule has 0 aromatic heterocycles. The van der Waals surface area contributed by atoms with Gasteiger partial charge in [-0.05, 0) is 66.9 Å². The van der Waals surface area contributed by atoms with Crippen LogP contribution < -0.4 is 10.4 Å². The quantitative estimate of drug-likeness (QED) is 0.436. The molecule has 1 heteroatoms. The van der Waals surface area contributed by atoms with E-state index in [1.54, 1.807) is 0 Å². The summed E-state index contributed by atoms with van der Waals surface area (Å²) in [5.74, 6) is 0.465. The Balaban J connectivity index is 2.76. The first-order valence-corrected chi connectivity index (χ1v) is 10.2. The van der Waals surface area contributed by atoms with Crippen LogP contribution in [0, 0.1) is 11.3 Å². The number of allylic oxidation sites excluding steroid dienone is 3. The van der Waals surface area contributed by atoms with Crippen molar-refractivity contribution in [1.82, 2.24) is 0 Å². The summed E-state index contributed by atoms with van der Waals surface area (Å²) in [5, 5.41) is 2.73. The summed E-state index contributed by atoms with van der Waals surface area (Å²) in [6.45, 7) is 13.4. The minimum atomic E-state index is 0.146. The SMILES string of the molecule is CC=CC(C)(CC)C1CC=c2ccccc2=C1/C(CC)=N/C=C(/C)CC. The molecule has 0 aliphatic heterocycles. The van der Waals surface area contributed by atoms with Crippen molar-refractivity contribution in [2.75, 3.05) is 0 Å². The summed E-state index contributed by atoms with van der Waals surface area (Å²) in [6.07, 6.45) is 13.3. The molecule has 0 saturated carbocycles. The predicted octanol–water partition coefficient (Wildman–Crippen LogP) is 5.79. The van der Waals surface area contributed by atoms with Crippen molar-refractivity contribution >= 4 is 17.4 Å². The van der Waals surface area contributed by atoms with Gasteiger partial charge in [0.15, 0.2) is 0 Å². The summed E-state index contributed by atoms with van der Waals surface area (Å²) in [5.41, 5.74) is 4.17. The number of aliphatic imine (C=N–C) groups is 1. The third-order valence-electron chi connectivity index (χ3n) is 5.92. The van der Waals surface area contributed by atoms with Crippen LogP contribution in [0.2, 0.25) is 0 Å². The van der Waals surface area contributed by atoms with Crippen LogP contribution in [0.3, 0.4) is 0 Å². The maximum Gasteiger partial charge on any atom is 0.0442 e. The summed E-state index contributed by atoms with van der Waals surface area (Å²) in [7, 11) is 0. The molecule has 0 bridgehead atoms. The van der Waals surface area contributed by atoms with Crippen molar-refractivity contribution < 1.29 is 0 Å². The van der Waals surface area contributed by atoms with Gasteiger partial charge in [0.2, 0.25) is 0 Å². The van der Waals surface area contributed by atoms with Gasteiger partial charge in [-0.3, -0.25) is 4.99 Å². The largest absolute Gasteiger partial charge is 0.261 e. The first-order valence-electron chi connectivity index (χ1n) is 10.2. The minimum Gasteiger partial charge on any atom is -0.261 e. The van der Waals surface area contributed by atoms with Crippen LogP contribution in [0.15, 0.2) is 53.2 Å². The molecule has 0 saturated heterocycles. The smallest absolute Gasteiger partial charge is 0.0442 e. The lowest BCUT2D eigenvalue weighted by atomic mass is 9.66. The van der Waals surface area contributed by atoms with E-state index in [1.165, 1.54) is 27.3 Å². The van der Waals surface area contributed by atoms with Crippen LogP contribution in [-0.4, -0.2) is 5.71 Å². The lowest BCUT2D eigenvalue weighted by Crippen LogP contribution is -2.40. The number of hydrogen-bond donors (Lipinski definition) is 0. The molecule has 0 fully saturated rings. The van der Waals surface area contributed by atoms with Gasteiger partial charge in [0.25, 0.3) is 0 Å². The van der Waals surface area contributed by atoms with Crippen LogP contribution in [0.1, 0.15) is 67.2 Å². The van der Waals surface area contributed by atoms with Crippen molar-refractivity contribution in [3.63, 3.8) is 0 Å². The van der Waals surface area contributed by atoms with Gasteiger partial charge >= 0.3 is 0 Å². The first kappa shape index (κ1) is 20.4. The van der Waals surface area contributed by atoms with E-state index in [-0.39, 0.29) is 5.41 Å². The zero-order valence-electron chi connectivity index (χ0n) is 17.5. The molecule has 140 valence electrons. The number of nitrogens with zero attached hydrogens (tertiary/aromatic N) is 1. The fourth-order valence-corrected chi connectivity index (χ4v) is 3.92. The van der Waals surface area contributed by atoms with Gasteiger partial charge in [0, 0.05) is 11.9 Å². The molecule has 1 aromatic rings. The molecule has 2 atom stereocenters. The third kappa shape index (κ3) is 4.26. The number of hydrogen-bond acceptors (Lipinski definition) is 1. The maximum absolute atomic E-state index is 4.97. The number of rotatable bonds is 7. The average molecular weight is 350 g/mol. The Morgan fingerprint density at radius 1 is 1.19 bits per heavy atom. The lowest BCUT2D eigenvalue weighted by molar-refractivity contribution is 0.311. The zero-order chi connectivity index (χ0) is 19.2. The maximum atomic E-state index is 4.97. The van der Waals surface area contributed by atoms with Gasteiger partial charge in [-0.2, -0.15) is 0 Å². The van der Waals surface area contributed by atoms with E-state index in [0.717, 1.165) is 25.7 Å². The molecule has 26 heavy (non-hydrogen) atoms. The van der Waals surface area contributed by atoms with Crippen LogP contribution >= 0.6 is 0 Å². The van der Waals surface area contributed by atoms with E-state index in [0.29, 0.717) is 5.92 Å².